The Labute approximate surface area is 94.5 Å². The fourth-order valence-electron chi connectivity index (χ4n) is 1.21. The molecule has 0 heterocycles. The number of alkyl carbamates (subject to hydrolysis) is 1. The maximum Gasteiger partial charge on any atom is 0.408 e. The summed E-state index contributed by atoms with van der Waals surface area (Å²) in [6, 6.07) is 0. The van der Waals surface area contributed by atoms with Crippen LogP contribution in [0.1, 0.15) is 33.6 Å². The van der Waals surface area contributed by atoms with Crippen molar-refractivity contribution in [2.45, 2.75) is 44.8 Å². The molecule has 0 bridgehead atoms. The molecule has 0 aromatic rings. The van der Waals surface area contributed by atoms with E-state index in [1.807, 2.05) is 0 Å². The zero-order valence-corrected chi connectivity index (χ0v) is 9.74. The van der Waals surface area contributed by atoms with Gasteiger partial charge in [0.15, 0.2) is 0 Å². The normalized spacial score (nSPS) is 18.2. The molecular weight excluding hydrogens is 210 g/mol. The Kier molecular flexibility index (Phi) is 3.26. The number of rotatable bonds is 3. The van der Waals surface area contributed by atoms with Crippen LogP contribution in [0.25, 0.3) is 0 Å². The van der Waals surface area contributed by atoms with Gasteiger partial charge in [-0.1, -0.05) is 6.08 Å². The maximum atomic E-state index is 11.4. The minimum Gasteiger partial charge on any atom is -0.478 e. The molecule has 1 aliphatic carbocycles. The van der Waals surface area contributed by atoms with E-state index in [0.717, 1.165) is 18.9 Å². The van der Waals surface area contributed by atoms with Gasteiger partial charge < -0.3 is 15.2 Å². The van der Waals surface area contributed by atoms with Crippen LogP contribution in [0.2, 0.25) is 0 Å². The third kappa shape index (κ3) is 4.33. The van der Waals surface area contributed by atoms with Crippen LogP contribution in [0.4, 0.5) is 4.79 Å². The number of carbonyl (C=O) groups excluding carboxylic acids is 1. The van der Waals surface area contributed by atoms with Crippen molar-refractivity contribution in [3.63, 3.8) is 0 Å². The fraction of sp³-hybridized carbons (Fsp3) is 0.636. The van der Waals surface area contributed by atoms with E-state index in [9.17, 15) is 9.59 Å². The van der Waals surface area contributed by atoms with E-state index in [0.29, 0.717) is 0 Å². The summed E-state index contributed by atoms with van der Waals surface area (Å²) in [7, 11) is 0. The third-order valence-corrected chi connectivity index (χ3v) is 2.08. The molecule has 0 aromatic carbocycles. The number of hydrogen-bond donors (Lipinski definition) is 2. The second kappa shape index (κ2) is 4.15. The summed E-state index contributed by atoms with van der Waals surface area (Å²) < 4.78 is 5.09. The summed E-state index contributed by atoms with van der Waals surface area (Å²) in [5, 5.41) is 11.2. The van der Waals surface area contributed by atoms with Gasteiger partial charge in [0.1, 0.15) is 5.60 Å². The van der Waals surface area contributed by atoms with Crippen LogP contribution in [-0.2, 0) is 9.53 Å². The smallest absolute Gasteiger partial charge is 0.408 e. The number of nitrogens with one attached hydrogen (secondary N) is 1. The summed E-state index contributed by atoms with van der Waals surface area (Å²) >= 11 is 0. The van der Waals surface area contributed by atoms with E-state index in [1.165, 1.54) is 6.08 Å². The van der Waals surface area contributed by atoms with Crippen molar-refractivity contribution in [3.8, 4) is 0 Å². The molecule has 2 N–H and O–H groups in total. The first-order chi connectivity index (χ1) is 7.22. The van der Waals surface area contributed by atoms with Gasteiger partial charge in [-0.2, -0.15) is 0 Å². The minimum absolute atomic E-state index is 0.513. The van der Waals surface area contributed by atoms with Crippen LogP contribution in [-0.4, -0.2) is 28.3 Å². The number of hydrogen-bond acceptors (Lipinski definition) is 3. The Morgan fingerprint density at radius 1 is 1.38 bits per heavy atom. The van der Waals surface area contributed by atoms with E-state index in [-0.39, 0.29) is 0 Å². The van der Waals surface area contributed by atoms with Crippen LogP contribution in [0.3, 0.4) is 0 Å². The van der Waals surface area contributed by atoms with Crippen molar-refractivity contribution in [1.29, 1.82) is 0 Å². The van der Waals surface area contributed by atoms with Crippen molar-refractivity contribution in [2.75, 3.05) is 0 Å². The van der Waals surface area contributed by atoms with Crippen molar-refractivity contribution in [2.24, 2.45) is 0 Å². The first-order valence-corrected chi connectivity index (χ1v) is 5.16. The lowest BCUT2D eigenvalue weighted by Crippen LogP contribution is -2.39. The molecule has 0 aromatic heterocycles. The summed E-state index contributed by atoms with van der Waals surface area (Å²) in [6.45, 7) is 5.33. The monoisotopic (exact) mass is 227 g/mol. The minimum atomic E-state index is -1.02. The van der Waals surface area contributed by atoms with Crippen LogP contribution in [0, 0.1) is 0 Å². The lowest BCUT2D eigenvalue weighted by molar-refractivity contribution is -0.131. The first kappa shape index (κ1) is 12.5. The highest BCUT2D eigenvalue weighted by atomic mass is 16.6. The fourth-order valence-corrected chi connectivity index (χ4v) is 1.21. The van der Waals surface area contributed by atoms with Gasteiger partial charge in [-0.3, -0.25) is 0 Å². The number of aliphatic carboxylic acids is 1. The summed E-state index contributed by atoms with van der Waals surface area (Å²) in [5.74, 6) is -1.02. The molecule has 16 heavy (non-hydrogen) atoms. The average molecular weight is 227 g/mol. The molecule has 0 aliphatic heterocycles. The molecule has 1 saturated carbocycles. The van der Waals surface area contributed by atoms with Crippen molar-refractivity contribution >= 4 is 12.1 Å². The van der Waals surface area contributed by atoms with Crippen LogP contribution in [0.5, 0.6) is 0 Å². The van der Waals surface area contributed by atoms with Crippen molar-refractivity contribution in [3.05, 3.63) is 12.2 Å². The molecule has 0 saturated heterocycles. The number of carboxylic acids is 1. The van der Waals surface area contributed by atoms with Crippen molar-refractivity contribution in [1.82, 2.24) is 5.32 Å². The summed E-state index contributed by atoms with van der Waals surface area (Å²) in [6.07, 6.45) is 3.52. The van der Waals surface area contributed by atoms with Gasteiger partial charge >= 0.3 is 12.1 Å². The molecule has 0 atom stereocenters. The molecule has 1 fully saturated rings. The topological polar surface area (TPSA) is 75.6 Å². The molecule has 5 nitrogen and oxygen atoms in total. The largest absolute Gasteiger partial charge is 0.478 e. The summed E-state index contributed by atoms with van der Waals surface area (Å²) in [5.41, 5.74) is -1.06. The average Bonchev–Trinajstić information content (AvgIpc) is 2.78. The standard InChI is InChI=1S/C11H17NO4/c1-10(2,3)16-9(15)12-11(6-7-11)5-4-8(13)14/h4-5H,6-7H2,1-3H3,(H,12,15)(H,13,14). The van der Waals surface area contributed by atoms with E-state index in [1.54, 1.807) is 20.8 Å². The highest BCUT2D eigenvalue weighted by Gasteiger charge is 2.42. The predicted octanol–water partition coefficient (Wildman–Crippen LogP) is 1.68. The zero-order valence-electron chi connectivity index (χ0n) is 9.74. The van der Waals surface area contributed by atoms with Gasteiger partial charge in [0.05, 0.1) is 5.54 Å². The Hall–Kier alpha value is -1.52. The molecule has 5 heteroatoms. The third-order valence-electron chi connectivity index (χ3n) is 2.08. The van der Waals surface area contributed by atoms with E-state index in [4.69, 9.17) is 9.84 Å². The molecular formula is C11H17NO4. The second-order valence-corrected chi connectivity index (χ2v) is 4.95. The van der Waals surface area contributed by atoms with Crippen LogP contribution < -0.4 is 5.32 Å². The Morgan fingerprint density at radius 2 is 1.94 bits per heavy atom. The van der Waals surface area contributed by atoms with Gasteiger partial charge in [0.25, 0.3) is 0 Å². The van der Waals surface area contributed by atoms with Crippen LogP contribution >= 0.6 is 0 Å². The highest BCUT2D eigenvalue weighted by molar-refractivity contribution is 5.80. The Balaban J connectivity index is 2.48. The second-order valence-electron chi connectivity index (χ2n) is 4.95. The van der Waals surface area contributed by atoms with E-state index in [2.05, 4.69) is 5.32 Å². The number of carboxylic acid groups (broad SMARTS) is 1. The molecule has 0 spiro atoms. The lowest BCUT2D eigenvalue weighted by atomic mass is 10.2. The first-order valence-electron chi connectivity index (χ1n) is 5.16. The predicted molar refractivity (Wildman–Crippen MR) is 58.1 cm³/mol. The number of ether oxygens (including phenoxy) is 1. The Morgan fingerprint density at radius 3 is 2.31 bits per heavy atom. The SMILES string of the molecule is CC(C)(C)OC(=O)NC1(C=CC(=O)O)CC1. The van der Waals surface area contributed by atoms with Gasteiger partial charge in [0.2, 0.25) is 0 Å². The quantitative estimate of drug-likeness (QED) is 0.719. The van der Waals surface area contributed by atoms with Gasteiger partial charge in [-0.15, -0.1) is 0 Å². The molecule has 90 valence electrons. The van der Waals surface area contributed by atoms with E-state index < -0.39 is 23.2 Å². The van der Waals surface area contributed by atoms with Crippen LogP contribution in [0.15, 0.2) is 12.2 Å². The Bertz CT molecular complexity index is 323. The molecule has 1 aliphatic rings. The number of carbonyl (C=O) groups is 2. The molecule has 0 unspecified atom stereocenters. The highest BCUT2D eigenvalue weighted by Crippen LogP contribution is 2.37. The number of amides is 1. The van der Waals surface area contributed by atoms with Gasteiger partial charge in [0, 0.05) is 6.08 Å². The zero-order chi connectivity index (χ0) is 12.4. The molecule has 1 amide bonds. The van der Waals surface area contributed by atoms with Gasteiger partial charge in [-0.25, -0.2) is 9.59 Å². The maximum absolute atomic E-state index is 11.4. The molecule has 1 rings (SSSR count). The molecule has 0 radical (unpaired) electrons. The van der Waals surface area contributed by atoms with Gasteiger partial charge in [-0.05, 0) is 33.6 Å². The lowest BCUT2D eigenvalue weighted by Gasteiger charge is -2.21. The van der Waals surface area contributed by atoms with Crippen molar-refractivity contribution < 1.29 is 19.4 Å². The van der Waals surface area contributed by atoms with E-state index >= 15 is 0 Å². The summed E-state index contributed by atoms with van der Waals surface area (Å²) in [4.78, 5) is 21.8.